The zero-order valence-electron chi connectivity index (χ0n) is 16.0. The Kier molecular flexibility index (Phi) is 6.00. The molecule has 8 heteroatoms. The van der Waals surface area contributed by atoms with Crippen molar-refractivity contribution in [3.8, 4) is 0 Å². The number of benzene rings is 1. The summed E-state index contributed by atoms with van der Waals surface area (Å²) in [5, 5.41) is 2.68. The number of hydrogen-bond donors (Lipinski definition) is 1. The van der Waals surface area contributed by atoms with Crippen LogP contribution in [-0.4, -0.2) is 36.3 Å². The highest BCUT2D eigenvalue weighted by molar-refractivity contribution is 7.89. The molecule has 2 atom stereocenters. The van der Waals surface area contributed by atoms with E-state index in [2.05, 4.69) is 19.2 Å². The molecule has 2 aromatic rings. The molecule has 0 saturated carbocycles. The maximum Gasteiger partial charge on any atom is 0.250 e. The van der Waals surface area contributed by atoms with Crippen LogP contribution in [0, 0.1) is 11.8 Å². The van der Waals surface area contributed by atoms with Gasteiger partial charge < -0.3 is 9.88 Å². The molecule has 2 heterocycles. The van der Waals surface area contributed by atoms with Crippen LogP contribution in [0.3, 0.4) is 0 Å². The van der Waals surface area contributed by atoms with Crippen molar-refractivity contribution in [3.63, 3.8) is 0 Å². The fourth-order valence-corrected chi connectivity index (χ4v) is 5.29. The van der Waals surface area contributed by atoms with Crippen molar-refractivity contribution in [1.82, 2.24) is 8.87 Å². The second-order valence-electron chi connectivity index (χ2n) is 7.51. The van der Waals surface area contributed by atoms with Gasteiger partial charge in [-0.15, -0.1) is 0 Å². The fraction of sp³-hybridized carbons (Fsp3) is 0.400. The van der Waals surface area contributed by atoms with Crippen LogP contribution in [0.5, 0.6) is 0 Å². The van der Waals surface area contributed by atoms with E-state index in [1.807, 2.05) is 0 Å². The molecule has 0 spiro atoms. The van der Waals surface area contributed by atoms with Gasteiger partial charge in [0.05, 0.1) is 4.90 Å². The third-order valence-corrected chi connectivity index (χ3v) is 6.67. The molecular weight excluding hydrogens is 378 g/mol. The van der Waals surface area contributed by atoms with E-state index in [4.69, 9.17) is 0 Å². The van der Waals surface area contributed by atoms with Crippen LogP contribution < -0.4 is 10.9 Å². The molecule has 0 unspecified atom stereocenters. The van der Waals surface area contributed by atoms with Crippen molar-refractivity contribution < 1.29 is 13.2 Å². The van der Waals surface area contributed by atoms with Gasteiger partial charge in [0.2, 0.25) is 15.9 Å². The summed E-state index contributed by atoms with van der Waals surface area (Å²) < 4.78 is 28.6. The normalized spacial score (nSPS) is 20.6. The number of carbonyl (C=O) groups excluding carboxylic acids is 1. The zero-order valence-corrected chi connectivity index (χ0v) is 16.9. The molecule has 1 aliphatic rings. The Morgan fingerprint density at radius 1 is 1.07 bits per heavy atom. The number of amides is 1. The standard InChI is InChI=1S/C20H25N3O4S/c1-15-11-16(2)13-23(12-15)28(26,27)18-8-6-17(7-9-18)21-19(24)14-22-10-4-3-5-20(22)25/h3-10,15-16H,11-14H2,1-2H3,(H,21,24)/t15-,16-/m1/s1. The van der Waals surface area contributed by atoms with Crippen LogP contribution >= 0.6 is 0 Å². The van der Waals surface area contributed by atoms with Gasteiger partial charge in [0.25, 0.3) is 5.56 Å². The van der Waals surface area contributed by atoms with E-state index in [1.54, 1.807) is 28.6 Å². The molecule has 0 aliphatic carbocycles. The van der Waals surface area contributed by atoms with Crippen LogP contribution in [0.2, 0.25) is 0 Å². The van der Waals surface area contributed by atoms with Crippen LogP contribution in [0.4, 0.5) is 5.69 Å². The van der Waals surface area contributed by atoms with Gasteiger partial charge >= 0.3 is 0 Å². The van der Waals surface area contributed by atoms with Gasteiger partial charge in [-0.1, -0.05) is 19.9 Å². The average molecular weight is 404 g/mol. The quantitative estimate of drug-likeness (QED) is 0.829. The number of piperidine rings is 1. The second kappa shape index (κ2) is 8.28. The van der Waals surface area contributed by atoms with E-state index in [0.29, 0.717) is 30.6 Å². The Labute approximate surface area is 165 Å². The first kappa shape index (κ1) is 20.3. The molecule has 1 amide bonds. The molecule has 1 N–H and O–H groups in total. The maximum atomic E-state index is 12.9. The summed E-state index contributed by atoms with van der Waals surface area (Å²) in [6, 6.07) is 10.8. The number of nitrogens with one attached hydrogen (secondary N) is 1. The summed E-state index contributed by atoms with van der Waals surface area (Å²) in [6.45, 7) is 5.07. The van der Waals surface area contributed by atoms with Crippen molar-refractivity contribution in [2.24, 2.45) is 11.8 Å². The molecule has 0 radical (unpaired) electrons. The predicted molar refractivity (Wildman–Crippen MR) is 107 cm³/mol. The highest BCUT2D eigenvalue weighted by atomic mass is 32.2. The lowest BCUT2D eigenvalue weighted by Gasteiger charge is -2.34. The van der Waals surface area contributed by atoms with Crippen LogP contribution in [0.15, 0.2) is 58.4 Å². The Hall–Kier alpha value is -2.45. The molecule has 3 rings (SSSR count). The molecule has 1 fully saturated rings. The van der Waals surface area contributed by atoms with Crippen molar-refractivity contribution in [2.45, 2.75) is 31.7 Å². The summed E-state index contributed by atoms with van der Waals surface area (Å²) >= 11 is 0. The van der Waals surface area contributed by atoms with Crippen LogP contribution in [0.25, 0.3) is 0 Å². The average Bonchev–Trinajstić information content (AvgIpc) is 2.63. The summed E-state index contributed by atoms with van der Waals surface area (Å²) in [5.74, 6) is 0.305. The monoisotopic (exact) mass is 403 g/mol. The molecule has 1 saturated heterocycles. The molecule has 28 heavy (non-hydrogen) atoms. The van der Waals surface area contributed by atoms with Gasteiger partial charge in [0.15, 0.2) is 0 Å². The number of anilines is 1. The molecule has 7 nitrogen and oxygen atoms in total. The zero-order chi connectivity index (χ0) is 20.3. The van der Waals surface area contributed by atoms with Crippen LogP contribution in [0.1, 0.15) is 20.3 Å². The first-order valence-electron chi connectivity index (χ1n) is 9.31. The van der Waals surface area contributed by atoms with Crippen molar-refractivity contribution in [3.05, 3.63) is 59.0 Å². The topological polar surface area (TPSA) is 88.5 Å². The molecule has 0 bridgehead atoms. The van der Waals surface area contributed by atoms with Crippen molar-refractivity contribution >= 4 is 21.6 Å². The van der Waals surface area contributed by atoms with Gasteiger partial charge in [-0.2, -0.15) is 4.31 Å². The van der Waals surface area contributed by atoms with Crippen molar-refractivity contribution in [2.75, 3.05) is 18.4 Å². The summed E-state index contributed by atoms with van der Waals surface area (Å²) in [5.41, 5.74) is 0.220. The summed E-state index contributed by atoms with van der Waals surface area (Å²) in [6.07, 6.45) is 2.57. The SMILES string of the molecule is C[C@@H]1C[C@@H](C)CN(S(=O)(=O)c2ccc(NC(=O)Cn3ccccc3=O)cc2)C1. The fourth-order valence-electron chi connectivity index (χ4n) is 3.61. The minimum atomic E-state index is -3.55. The highest BCUT2D eigenvalue weighted by Crippen LogP contribution is 2.27. The van der Waals surface area contributed by atoms with Crippen molar-refractivity contribution in [1.29, 1.82) is 0 Å². The molecule has 150 valence electrons. The number of carbonyl (C=O) groups is 1. The minimum Gasteiger partial charge on any atom is -0.325 e. The van der Waals surface area contributed by atoms with E-state index in [-0.39, 0.29) is 22.9 Å². The highest BCUT2D eigenvalue weighted by Gasteiger charge is 2.31. The Bertz CT molecular complexity index is 989. The predicted octanol–water partition coefficient (Wildman–Crippen LogP) is 2.15. The molecule has 1 aromatic carbocycles. The van der Waals surface area contributed by atoms with E-state index < -0.39 is 10.0 Å². The van der Waals surface area contributed by atoms with E-state index >= 15 is 0 Å². The summed E-state index contributed by atoms with van der Waals surface area (Å²) in [4.78, 5) is 24.0. The largest absolute Gasteiger partial charge is 0.325 e. The second-order valence-corrected chi connectivity index (χ2v) is 9.45. The Balaban J connectivity index is 1.68. The van der Waals surface area contributed by atoms with Gasteiger partial charge in [0, 0.05) is 31.0 Å². The summed E-state index contributed by atoms with van der Waals surface area (Å²) in [7, 11) is -3.55. The van der Waals surface area contributed by atoms with E-state index in [9.17, 15) is 18.0 Å². The minimum absolute atomic E-state index is 0.108. The van der Waals surface area contributed by atoms with Gasteiger partial charge in [-0.05, 0) is 48.6 Å². The first-order chi connectivity index (χ1) is 13.3. The first-order valence-corrected chi connectivity index (χ1v) is 10.8. The molecular formula is C20H25N3O4S. The van der Waals surface area contributed by atoms with Gasteiger partial charge in [-0.3, -0.25) is 9.59 Å². The number of pyridine rings is 1. The van der Waals surface area contributed by atoms with E-state index in [1.165, 1.54) is 29.0 Å². The van der Waals surface area contributed by atoms with E-state index in [0.717, 1.165) is 6.42 Å². The smallest absolute Gasteiger partial charge is 0.250 e. The Morgan fingerprint density at radius 2 is 1.71 bits per heavy atom. The van der Waals surface area contributed by atoms with Gasteiger partial charge in [-0.25, -0.2) is 8.42 Å². The lowest BCUT2D eigenvalue weighted by molar-refractivity contribution is -0.116. The Morgan fingerprint density at radius 3 is 2.32 bits per heavy atom. The number of aromatic nitrogens is 1. The lowest BCUT2D eigenvalue weighted by Crippen LogP contribution is -2.42. The van der Waals surface area contributed by atoms with Gasteiger partial charge in [0.1, 0.15) is 6.54 Å². The number of sulfonamides is 1. The molecule has 1 aliphatic heterocycles. The van der Waals surface area contributed by atoms with Crippen LogP contribution in [-0.2, 0) is 21.4 Å². The number of hydrogen-bond acceptors (Lipinski definition) is 4. The third-order valence-electron chi connectivity index (χ3n) is 4.82. The maximum absolute atomic E-state index is 12.9. The number of rotatable bonds is 5. The lowest BCUT2D eigenvalue weighted by atomic mass is 9.94. The third kappa shape index (κ3) is 4.69. The molecule has 1 aromatic heterocycles. The number of nitrogens with zero attached hydrogens (tertiary/aromatic N) is 2.